The van der Waals surface area contributed by atoms with Crippen LogP contribution in [0.4, 0.5) is 0 Å². The van der Waals surface area contributed by atoms with Crippen LogP contribution in [0.1, 0.15) is 36.7 Å². The van der Waals surface area contributed by atoms with Crippen molar-refractivity contribution in [1.29, 1.82) is 0 Å². The van der Waals surface area contributed by atoms with Crippen molar-refractivity contribution >= 4 is 5.91 Å². The Balaban J connectivity index is 1.90. The van der Waals surface area contributed by atoms with Crippen LogP contribution in [0.3, 0.4) is 0 Å². The zero-order valence-electron chi connectivity index (χ0n) is 13.7. The lowest BCUT2D eigenvalue weighted by atomic mass is 10.2. The molecule has 0 aliphatic carbocycles. The zero-order chi connectivity index (χ0) is 16.8. The number of para-hydroxylation sites is 1. The average Bonchev–Trinajstić information content (AvgIpc) is 3.28. The third-order valence-electron chi connectivity index (χ3n) is 3.78. The first-order valence-electron chi connectivity index (χ1n) is 8.27. The molecule has 0 saturated carbocycles. The van der Waals surface area contributed by atoms with Gasteiger partial charge in [0.25, 0.3) is 5.91 Å². The number of aromatic nitrogens is 2. The van der Waals surface area contributed by atoms with Crippen molar-refractivity contribution < 1.29 is 9.21 Å². The number of nitrogens with one attached hydrogen (secondary N) is 1. The van der Waals surface area contributed by atoms with Gasteiger partial charge in [-0.15, -0.1) is 0 Å². The monoisotopic (exact) mass is 323 g/mol. The zero-order valence-corrected chi connectivity index (χ0v) is 13.7. The molecule has 0 saturated heterocycles. The molecule has 0 aliphatic heterocycles. The Morgan fingerprint density at radius 2 is 2.00 bits per heavy atom. The van der Waals surface area contributed by atoms with E-state index in [-0.39, 0.29) is 5.91 Å². The maximum absolute atomic E-state index is 12.6. The first-order chi connectivity index (χ1) is 11.8. The number of furan rings is 1. The molecule has 3 rings (SSSR count). The summed E-state index contributed by atoms with van der Waals surface area (Å²) in [4.78, 5) is 12.6. The van der Waals surface area contributed by atoms with Gasteiger partial charge in [-0.05, 0) is 30.7 Å². The molecular formula is C19H21N3O2. The highest BCUT2D eigenvalue weighted by Gasteiger charge is 2.18. The molecule has 2 heterocycles. The first-order valence-corrected chi connectivity index (χ1v) is 8.27. The molecule has 124 valence electrons. The van der Waals surface area contributed by atoms with Gasteiger partial charge in [-0.1, -0.05) is 38.0 Å². The Morgan fingerprint density at radius 1 is 1.17 bits per heavy atom. The Bertz CT molecular complexity index is 776. The van der Waals surface area contributed by atoms with Crippen LogP contribution in [0.15, 0.2) is 59.2 Å². The summed E-state index contributed by atoms with van der Waals surface area (Å²) in [5.74, 6) is 0.518. The van der Waals surface area contributed by atoms with Crippen molar-refractivity contribution in [2.45, 2.75) is 26.2 Å². The lowest BCUT2D eigenvalue weighted by molar-refractivity contribution is 0.0945. The number of rotatable bonds is 7. The quantitative estimate of drug-likeness (QED) is 0.667. The number of unbranched alkanes of at least 4 members (excludes halogenated alkanes) is 2. The van der Waals surface area contributed by atoms with Gasteiger partial charge in [0.15, 0.2) is 5.76 Å². The molecule has 0 aliphatic rings. The number of carbonyl (C=O) groups is 1. The summed E-state index contributed by atoms with van der Waals surface area (Å²) in [6.45, 7) is 2.81. The second-order valence-corrected chi connectivity index (χ2v) is 5.60. The normalized spacial score (nSPS) is 10.7. The van der Waals surface area contributed by atoms with Gasteiger partial charge in [-0.3, -0.25) is 4.79 Å². The molecule has 24 heavy (non-hydrogen) atoms. The van der Waals surface area contributed by atoms with Gasteiger partial charge in [0, 0.05) is 12.6 Å². The highest BCUT2D eigenvalue weighted by Crippen LogP contribution is 2.22. The van der Waals surface area contributed by atoms with Gasteiger partial charge >= 0.3 is 0 Å². The molecule has 0 unspecified atom stereocenters. The van der Waals surface area contributed by atoms with E-state index in [0.29, 0.717) is 23.7 Å². The highest BCUT2D eigenvalue weighted by atomic mass is 16.3. The molecule has 0 bridgehead atoms. The molecule has 1 aromatic carbocycles. The summed E-state index contributed by atoms with van der Waals surface area (Å²) in [5.41, 5.74) is 1.99. The van der Waals surface area contributed by atoms with Crippen LogP contribution in [0.25, 0.3) is 17.1 Å². The molecule has 5 heteroatoms. The second kappa shape index (κ2) is 7.64. The van der Waals surface area contributed by atoms with Crippen LogP contribution in [-0.2, 0) is 0 Å². The van der Waals surface area contributed by atoms with E-state index in [1.54, 1.807) is 23.1 Å². The Labute approximate surface area is 141 Å². The largest absolute Gasteiger partial charge is 0.463 e. The summed E-state index contributed by atoms with van der Waals surface area (Å²) >= 11 is 0. The summed E-state index contributed by atoms with van der Waals surface area (Å²) in [6, 6.07) is 15.0. The second-order valence-electron chi connectivity index (χ2n) is 5.60. The molecule has 0 radical (unpaired) electrons. The predicted molar refractivity (Wildman–Crippen MR) is 93.1 cm³/mol. The fraction of sp³-hybridized carbons (Fsp3) is 0.263. The molecule has 0 atom stereocenters. The summed E-state index contributed by atoms with van der Waals surface area (Å²) in [5, 5.41) is 7.52. The maximum atomic E-state index is 12.6. The molecular weight excluding hydrogens is 302 g/mol. The number of hydrogen-bond acceptors (Lipinski definition) is 3. The molecule has 3 aromatic rings. The topological polar surface area (TPSA) is 60.1 Å². The van der Waals surface area contributed by atoms with Gasteiger partial charge in [-0.2, -0.15) is 5.10 Å². The van der Waals surface area contributed by atoms with Crippen LogP contribution in [0.2, 0.25) is 0 Å². The maximum Gasteiger partial charge on any atom is 0.270 e. The third kappa shape index (κ3) is 3.56. The minimum absolute atomic E-state index is 0.125. The molecule has 0 spiro atoms. The smallest absolute Gasteiger partial charge is 0.270 e. The van der Waals surface area contributed by atoms with Crippen molar-refractivity contribution in [3.63, 3.8) is 0 Å². The Kier molecular flexibility index (Phi) is 5.11. The van der Waals surface area contributed by atoms with Crippen molar-refractivity contribution in [2.24, 2.45) is 0 Å². The van der Waals surface area contributed by atoms with E-state index in [1.165, 1.54) is 0 Å². The summed E-state index contributed by atoms with van der Waals surface area (Å²) < 4.78 is 7.07. The van der Waals surface area contributed by atoms with Crippen molar-refractivity contribution in [2.75, 3.05) is 6.54 Å². The van der Waals surface area contributed by atoms with Gasteiger partial charge in [0.1, 0.15) is 11.4 Å². The van der Waals surface area contributed by atoms with Crippen molar-refractivity contribution in [1.82, 2.24) is 15.1 Å². The van der Waals surface area contributed by atoms with Crippen molar-refractivity contribution in [3.8, 4) is 17.1 Å². The minimum atomic E-state index is -0.125. The molecule has 1 N–H and O–H groups in total. The number of carbonyl (C=O) groups excluding carboxylic acids is 1. The lowest BCUT2D eigenvalue weighted by Crippen LogP contribution is -2.26. The highest BCUT2D eigenvalue weighted by molar-refractivity contribution is 5.94. The van der Waals surface area contributed by atoms with E-state index in [4.69, 9.17) is 4.42 Å². The molecule has 5 nitrogen and oxygen atoms in total. The molecule has 2 aromatic heterocycles. The van der Waals surface area contributed by atoms with Crippen LogP contribution >= 0.6 is 0 Å². The predicted octanol–water partition coefficient (Wildman–Crippen LogP) is 4.05. The van der Waals surface area contributed by atoms with Gasteiger partial charge in [0.05, 0.1) is 12.0 Å². The van der Waals surface area contributed by atoms with E-state index < -0.39 is 0 Å². The van der Waals surface area contributed by atoms with Crippen LogP contribution in [0.5, 0.6) is 0 Å². The fourth-order valence-electron chi connectivity index (χ4n) is 2.52. The summed E-state index contributed by atoms with van der Waals surface area (Å²) in [7, 11) is 0. The molecule has 0 fully saturated rings. The Hall–Kier alpha value is -2.82. The van der Waals surface area contributed by atoms with Gasteiger partial charge in [0.2, 0.25) is 0 Å². The van der Waals surface area contributed by atoms with Gasteiger partial charge in [-0.25, -0.2) is 4.68 Å². The third-order valence-corrected chi connectivity index (χ3v) is 3.78. The van der Waals surface area contributed by atoms with Crippen LogP contribution in [0, 0.1) is 0 Å². The fourth-order valence-corrected chi connectivity index (χ4v) is 2.52. The summed E-state index contributed by atoms with van der Waals surface area (Å²) in [6.07, 6.45) is 4.81. The number of amides is 1. The number of hydrogen-bond donors (Lipinski definition) is 1. The van der Waals surface area contributed by atoms with Gasteiger partial charge < -0.3 is 9.73 Å². The SMILES string of the molecule is CCCCCNC(=O)c1cc(-c2ccco2)nn1-c1ccccc1. The number of nitrogens with zero attached hydrogens (tertiary/aromatic N) is 2. The molecule has 1 amide bonds. The first kappa shape index (κ1) is 16.1. The van der Waals surface area contributed by atoms with E-state index >= 15 is 0 Å². The van der Waals surface area contributed by atoms with E-state index in [1.807, 2.05) is 36.4 Å². The standard InChI is InChI=1S/C19H21N3O2/c1-2-3-7-12-20-19(23)17-14-16(18-11-8-13-24-18)21-22(17)15-9-5-4-6-10-15/h4-6,8-11,13-14H,2-3,7,12H2,1H3,(H,20,23). The van der Waals surface area contributed by atoms with E-state index in [0.717, 1.165) is 24.9 Å². The van der Waals surface area contributed by atoms with Crippen LogP contribution < -0.4 is 5.32 Å². The minimum Gasteiger partial charge on any atom is -0.463 e. The average molecular weight is 323 g/mol. The van der Waals surface area contributed by atoms with E-state index in [2.05, 4.69) is 17.3 Å². The lowest BCUT2D eigenvalue weighted by Gasteiger charge is -2.08. The van der Waals surface area contributed by atoms with Crippen LogP contribution in [-0.4, -0.2) is 22.2 Å². The number of benzene rings is 1. The van der Waals surface area contributed by atoms with Crippen molar-refractivity contribution in [3.05, 3.63) is 60.5 Å². The Morgan fingerprint density at radius 3 is 2.71 bits per heavy atom. The van der Waals surface area contributed by atoms with E-state index in [9.17, 15) is 4.79 Å².